The predicted molar refractivity (Wildman–Crippen MR) is 45.5 cm³/mol. The molecule has 0 heterocycles. The third-order valence-corrected chi connectivity index (χ3v) is 1.31. The van der Waals surface area contributed by atoms with Gasteiger partial charge in [-0.05, 0) is 12.5 Å². The molecule has 0 N–H and O–H groups in total. The van der Waals surface area contributed by atoms with E-state index in [0.29, 0.717) is 0 Å². The number of ketones is 1. The highest BCUT2D eigenvalue weighted by molar-refractivity contribution is 5.90. The van der Waals surface area contributed by atoms with Gasteiger partial charge in [-0.15, -0.1) is 0 Å². The van der Waals surface area contributed by atoms with Crippen molar-refractivity contribution in [1.82, 2.24) is 0 Å². The molecule has 0 radical (unpaired) electrons. The third-order valence-electron chi connectivity index (χ3n) is 1.31. The summed E-state index contributed by atoms with van der Waals surface area (Å²) in [4.78, 5) is 10.8. The molecule has 0 atom stereocenters. The summed E-state index contributed by atoms with van der Waals surface area (Å²) in [5.74, 6) is 0.0450. The van der Waals surface area contributed by atoms with Gasteiger partial charge in [-0.2, -0.15) is 0 Å². The van der Waals surface area contributed by atoms with Gasteiger partial charge >= 0.3 is 0 Å². The van der Waals surface area contributed by atoms with Gasteiger partial charge in [0.15, 0.2) is 5.78 Å². The molecule has 0 aliphatic carbocycles. The molecular formula is C9H16O2. The Balaban J connectivity index is 3.32. The summed E-state index contributed by atoms with van der Waals surface area (Å²) in [6, 6.07) is 0. The first-order chi connectivity index (χ1) is 5.31. The Morgan fingerprint density at radius 1 is 1.55 bits per heavy atom. The van der Waals surface area contributed by atoms with Gasteiger partial charge in [0.2, 0.25) is 0 Å². The van der Waals surface area contributed by atoms with E-state index >= 15 is 0 Å². The van der Waals surface area contributed by atoms with E-state index in [1.165, 1.54) is 13.5 Å². The van der Waals surface area contributed by atoms with E-state index in [4.69, 9.17) is 0 Å². The Labute approximate surface area is 68.2 Å². The third kappa shape index (κ3) is 7.26. The number of allylic oxidation sites excluding steroid dienone is 1. The van der Waals surface area contributed by atoms with Crippen molar-refractivity contribution in [2.75, 3.05) is 13.7 Å². The number of rotatable bonds is 6. The summed E-state index contributed by atoms with van der Waals surface area (Å²) in [6.45, 7) is 2.33. The van der Waals surface area contributed by atoms with Gasteiger partial charge in [0.05, 0.1) is 0 Å². The fourth-order valence-electron chi connectivity index (χ4n) is 0.727. The Morgan fingerprint density at radius 2 is 2.27 bits per heavy atom. The minimum Gasteiger partial charge on any atom is -0.377 e. The van der Waals surface area contributed by atoms with Crippen LogP contribution >= 0.6 is 0 Å². The molecule has 0 bridgehead atoms. The van der Waals surface area contributed by atoms with Crippen molar-refractivity contribution in [3.8, 4) is 0 Å². The zero-order valence-corrected chi connectivity index (χ0v) is 7.30. The van der Waals surface area contributed by atoms with Crippen LogP contribution in [-0.4, -0.2) is 19.5 Å². The number of carbonyl (C=O) groups is 1. The van der Waals surface area contributed by atoms with E-state index in [1.807, 2.05) is 6.08 Å². The van der Waals surface area contributed by atoms with Crippen LogP contribution in [0.5, 0.6) is 0 Å². The van der Waals surface area contributed by atoms with E-state index in [0.717, 1.165) is 12.8 Å². The molecule has 0 saturated heterocycles. The molecule has 11 heavy (non-hydrogen) atoms. The highest BCUT2D eigenvalue weighted by Crippen LogP contribution is 1.94. The first-order valence-electron chi connectivity index (χ1n) is 3.99. The smallest absolute Gasteiger partial charge is 0.180 e. The van der Waals surface area contributed by atoms with Crippen LogP contribution in [0.3, 0.4) is 0 Å². The summed E-state index contributed by atoms with van der Waals surface area (Å²) < 4.78 is 4.66. The molecule has 0 spiro atoms. The van der Waals surface area contributed by atoms with Crippen molar-refractivity contribution in [1.29, 1.82) is 0 Å². The predicted octanol–water partition coefficient (Wildman–Crippen LogP) is 1.95. The van der Waals surface area contributed by atoms with Gasteiger partial charge in [0.1, 0.15) is 6.61 Å². The molecule has 0 aromatic rings. The standard InChI is InChI=1S/C9H16O2/c1-3-4-5-6-7-9(10)8-11-2/h6-7H,3-5,8H2,1-2H3. The maximum Gasteiger partial charge on any atom is 0.180 e. The second kappa shape index (κ2) is 7.48. The van der Waals surface area contributed by atoms with Crippen LogP contribution < -0.4 is 0 Å². The van der Waals surface area contributed by atoms with Crippen LogP contribution in [0.1, 0.15) is 26.2 Å². The summed E-state index contributed by atoms with van der Waals surface area (Å²) in [7, 11) is 1.53. The van der Waals surface area contributed by atoms with Crippen LogP contribution in [0.2, 0.25) is 0 Å². The lowest BCUT2D eigenvalue weighted by atomic mass is 10.2. The van der Waals surface area contributed by atoms with Crippen molar-refractivity contribution < 1.29 is 9.53 Å². The van der Waals surface area contributed by atoms with Crippen LogP contribution in [0, 0.1) is 0 Å². The van der Waals surface area contributed by atoms with Gasteiger partial charge in [-0.1, -0.05) is 25.8 Å². The highest BCUT2D eigenvalue weighted by atomic mass is 16.5. The van der Waals surface area contributed by atoms with Crippen LogP contribution in [0.15, 0.2) is 12.2 Å². The van der Waals surface area contributed by atoms with Crippen molar-refractivity contribution in [2.45, 2.75) is 26.2 Å². The maximum absolute atomic E-state index is 10.8. The average molecular weight is 156 g/mol. The normalized spacial score (nSPS) is 10.7. The van der Waals surface area contributed by atoms with Crippen LogP contribution in [0.4, 0.5) is 0 Å². The zero-order chi connectivity index (χ0) is 8.53. The van der Waals surface area contributed by atoms with Crippen molar-refractivity contribution in [2.24, 2.45) is 0 Å². The number of carbonyl (C=O) groups excluding carboxylic acids is 1. The molecule has 64 valence electrons. The number of hydrogen-bond donors (Lipinski definition) is 0. The fourth-order valence-corrected chi connectivity index (χ4v) is 0.727. The van der Waals surface area contributed by atoms with Crippen LogP contribution in [0.25, 0.3) is 0 Å². The molecule has 0 rings (SSSR count). The minimum atomic E-state index is 0.0450. The summed E-state index contributed by atoms with van der Waals surface area (Å²) >= 11 is 0. The van der Waals surface area contributed by atoms with Gasteiger partial charge < -0.3 is 4.74 Å². The summed E-state index contributed by atoms with van der Waals surface area (Å²) in [5.41, 5.74) is 0. The van der Waals surface area contributed by atoms with Gasteiger partial charge in [0, 0.05) is 7.11 Å². The summed E-state index contributed by atoms with van der Waals surface area (Å²) in [5, 5.41) is 0. The number of unbranched alkanes of at least 4 members (excludes halogenated alkanes) is 2. The number of ether oxygens (including phenoxy) is 1. The van der Waals surface area contributed by atoms with E-state index in [9.17, 15) is 4.79 Å². The molecule has 0 saturated carbocycles. The molecule has 0 unspecified atom stereocenters. The van der Waals surface area contributed by atoms with Crippen LogP contribution in [-0.2, 0) is 9.53 Å². The Hall–Kier alpha value is -0.630. The van der Waals surface area contributed by atoms with E-state index in [1.54, 1.807) is 6.08 Å². The highest BCUT2D eigenvalue weighted by Gasteiger charge is 1.91. The lowest BCUT2D eigenvalue weighted by Gasteiger charge is -1.91. The monoisotopic (exact) mass is 156 g/mol. The minimum absolute atomic E-state index is 0.0450. The van der Waals surface area contributed by atoms with Gasteiger partial charge in [0.25, 0.3) is 0 Å². The fraction of sp³-hybridized carbons (Fsp3) is 0.667. The second-order valence-electron chi connectivity index (χ2n) is 2.44. The van der Waals surface area contributed by atoms with Crippen molar-refractivity contribution in [3.05, 3.63) is 12.2 Å². The van der Waals surface area contributed by atoms with Crippen molar-refractivity contribution >= 4 is 5.78 Å². The van der Waals surface area contributed by atoms with Crippen molar-refractivity contribution in [3.63, 3.8) is 0 Å². The molecule has 0 aliphatic rings. The zero-order valence-electron chi connectivity index (χ0n) is 7.30. The molecular weight excluding hydrogens is 140 g/mol. The first kappa shape index (κ1) is 10.4. The Kier molecular flexibility index (Phi) is 7.05. The van der Waals surface area contributed by atoms with E-state index < -0.39 is 0 Å². The molecule has 0 aromatic heterocycles. The number of hydrogen-bond acceptors (Lipinski definition) is 2. The molecule has 0 aliphatic heterocycles. The number of methoxy groups -OCH3 is 1. The molecule has 2 heteroatoms. The maximum atomic E-state index is 10.8. The molecule has 0 fully saturated rings. The average Bonchev–Trinajstić information content (AvgIpc) is 1.99. The lowest BCUT2D eigenvalue weighted by Crippen LogP contribution is -2.01. The SMILES string of the molecule is CCCCC=CC(=O)COC. The first-order valence-corrected chi connectivity index (χ1v) is 3.99. The Morgan fingerprint density at radius 3 is 2.82 bits per heavy atom. The molecule has 0 aromatic carbocycles. The molecule has 2 nitrogen and oxygen atoms in total. The van der Waals surface area contributed by atoms with Gasteiger partial charge in [-0.25, -0.2) is 0 Å². The quantitative estimate of drug-likeness (QED) is 0.434. The lowest BCUT2D eigenvalue weighted by molar-refractivity contribution is -0.118. The Bertz CT molecular complexity index is 128. The largest absolute Gasteiger partial charge is 0.377 e. The summed E-state index contributed by atoms with van der Waals surface area (Å²) in [6.07, 6.45) is 6.82. The van der Waals surface area contributed by atoms with E-state index in [-0.39, 0.29) is 12.4 Å². The second-order valence-corrected chi connectivity index (χ2v) is 2.44. The van der Waals surface area contributed by atoms with Gasteiger partial charge in [-0.3, -0.25) is 4.79 Å². The molecule has 0 amide bonds. The van der Waals surface area contributed by atoms with E-state index in [2.05, 4.69) is 11.7 Å². The topological polar surface area (TPSA) is 26.3 Å².